The van der Waals surface area contributed by atoms with E-state index in [1.165, 1.54) is 17.4 Å². The molecule has 2 aromatic heterocycles. The fraction of sp³-hybridized carbons (Fsp3) is 0.452. The minimum Gasteiger partial charge on any atom is -0.462 e. The first kappa shape index (κ1) is 29.0. The van der Waals surface area contributed by atoms with E-state index in [4.69, 9.17) is 10.5 Å². The van der Waals surface area contributed by atoms with Crippen molar-refractivity contribution < 1.29 is 22.3 Å². The van der Waals surface area contributed by atoms with E-state index in [1.807, 2.05) is 18.0 Å². The van der Waals surface area contributed by atoms with Gasteiger partial charge < -0.3 is 20.7 Å². The first-order chi connectivity index (χ1) is 20.9. The molecule has 8 nitrogen and oxygen atoms in total. The van der Waals surface area contributed by atoms with Crippen LogP contribution in [0.25, 0.3) is 32.1 Å². The zero-order valence-electron chi connectivity index (χ0n) is 24.4. The van der Waals surface area contributed by atoms with Gasteiger partial charge in [0.25, 0.3) is 0 Å². The Morgan fingerprint density at radius 2 is 1.89 bits per heavy atom. The quantitative estimate of drug-likeness (QED) is 0.215. The zero-order valence-corrected chi connectivity index (χ0v) is 25.2. The molecular weight excluding hydrogens is 594 g/mol. The number of hydrogen-bond acceptors (Lipinski definition) is 9. The first-order valence-electron chi connectivity index (χ1n) is 14.6. The Balaban J connectivity index is 1.48. The van der Waals surface area contributed by atoms with Crippen LogP contribution in [-0.4, -0.2) is 66.3 Å². The summed E-state index contributed by atoms with van der Waals surface area (Å²) in [5.41, 5.74) is 4.12. The largest absolute Gasteiger partial charge is 0.462 e. The summed E-state index contributed by atoms with van der Waals surface area (Å²) >= 11 is 1.18. The Hall–Kier alpha value is -3.73. The third kappa shape index (κ3) is 4.62. The minimum absolute atomic E-state index is 0.00617. The van der Waals surface area contributed by atoms with Gasteiger partial charge in [-0.3, -0.25) is 4.90 Å². The van der Waals surface area contributed by atoms with Crippen LogP contribution in [0.3, 0.4) is 0 Å². The summed E-state index contributed by atoms with van der Waals surface area (Å²) in [5.74, 6) is -0.522. The van der Waals surface area contributed by atoms with Crippen LogP contribution in [-0.2, 0) is 6.18 Å². The fourth-order valence-corrected chi connectivity index (χ4v) is 8.22. The molecule has 44 heavy (non-hydrogen) atoms. The van der Waals surface area contributed by atoms with E-state index < -0.39 is 23.1 Å². The molecule has 0 spiro atoms. The van der Waals surface area contributed by atoms with Crippen molar-refractivity contribution in [3.05, 3.63) is 40.0 Å². The molecule has 3 fully saturated rings. The second-order valence-corrected chi connectivity index (χ2v) is 13.5. The van der Waals surface area contributed by atoms with Gasteiger partial charge >= 0.3 is 12.2 Å². The molecule has 3 N–H and O–H groups in total. The average molecular weight is 626 g/mol. The molecule has 4 aromatic rings. The van der Waals surface area contributed by atoms with Gasteiger partial charge in [0.15, 0.2) is 5.82 Å². The molecule has 0 amide bonds. The molecule has 13 heteroatoms. The van der Waals surface area contributed by atoms with Gasteiger partial charge in [-0.2, -0.15) is 28.4 Å². The van der Waals surface area contributed by atoms with E-state index in [9.17, 15) is 18.4 Å². The Morgan fingerprint density at radius 3 is 2.52 bits per heavy atom. The van der Waals surface area contributed by atoms with Gasteiger partial charge in [-0.15, -0.1) is 11.3 Å². The normalized spacial score (nSPS) is 23.7. The lowest BCUT2D eigenvalue weighted by Crippen LogP contribution is -2.55. The van der Waals surface area contributed by atoms with Gasteiger partial charge in [-0.05, 0) is 50.9 Å². The second-order valence-electron chi connectivity index (χ2n) is 12.2. The number of nitrogens with one attached hydrogen (secondary N) is 1. The van der Waals surface area contributed by atoms with Crippen LogP contribution in [0.4, 0.5) is 29.1 Å². The number of aryl methyl sites for hydroxylation is 1. The molecule has 7 rings (SSSR count). The number of likely N-dealkylation sites (tertiary alicyclic amines) is 1. The number of rotatable bonds is 5. The summed E-state index contributed by atoms with van der Waals surface area (Å²) in [7, 11) is 1.98. The van der Waals surface area contributed by atoms with Crippen LogP contribution in [0.1, 0.15) is 35.8 Å². The number of alkyl halides is 3. The lowest BCUT2D eigenvalue weighted by atomic mass is 9.92. The highest BCUT2D eigenvalue weighted by molar-refractivity contribution is 7.19. The summed E-state index contributed by atoms with van der Waals surface area (Å²) in [6.45, 7) is 5.96. The average Bonchev–Trinajstić information content (AvgIpc) is 3.49. The molecule has 0 radical (unpaired) electrons. The van der Waals surface area contributed by atoms with Gasteiger partial charge in [-0.1, -0.05) is 6.92 Å². The van der Waals surface area contributed by atoms with Crippen molar-refractivity contribution in [3.63, 3.8) is 0 Å². The number of likely N-dealkylation sites (N-methyl/N-ethyl adjacent to an activating group) is 1. The maximum absolute atomic E-state index is 17.0. The van der Waals surface area contributed by atoms with Gasteiger partial charge in [0.05, 0.1) is 16.8 Å². The number of nitrogens with two attached hydrogens (primary N) is 1. The van der Waals surface area contributed by atoms with Crippen molar-refractivity contribution in [2.75, 3.05) is 43.9 Å². The number of benzene rings is 2. The molecule has 0 aliphatic carbocycles. The molecule has 5 heterocycles. The Morgan fingerprint density at radius 1 is 1.16 bits per heavy atom. The van der Waals surface area contributed by atoms with Gasteiger partial charge in [-0.25, -0.2) is 4.39 Å². The fourth-order valence-electron chi connectivity index (χ4n) is 7.14. The number of hydrogen-bond donors (Lipinski definition) is 2. The Labute approximate surface area is 255 Å². The van der Waals surface area contributed by atoms with Crippen LogP contribution < -0.4 is 20.7 Å². The highest BCUT2D eigenvalue weighted by Crippen LogP contribution is 2.49. The highest BCUT2D eigenvalue weighted by atomic mass is 32.1. The molecule has 2 bridgehead atoms. The summed E-state index contributed by atoms with van der Waals surface area (Å²) in [5, 5.41) is 13.6. The van der Waals surface area contributed by atoms with Gasteiger partial charge in [0.2, 0.25) is 0 Å². The van der Waals surface area contributed by atoms with Crippen LogP contribution in [0.5, 0.6) is 6.01 Å². The number of nitrogens with zero attached hydrogens (tertiary/aromatic N) is 5. The lowest BCUT2D eigenvalue weighted by molar-refractivity contribution is -0.137. The zero-order chi connectivity index (χ0) is 31.1. The maximum Gasteiger partial charge on any atom is 0.417 e. The Kier molecular flexibility index (Phi) is 6.87. The van der Waals surface area contributed by atoms with E-state index in [-0.39, 0.29) is 69.7 Å². The maximum atomic E-state index is 17.0. The van der Waals surface area contributed by atoms with Gasteiger partial charge in [0.1, 0.15) is 24.0 Å². The standard InChI is InChI=1S/C31H31F4N7OS/c1-14-10-41(3)22(14)13-43-30-39-28-18(29(40-30)42-11-16-4-5-17(12-42)38-16)8-20(31(33,34)35)26(27(28)32)24-15(2)44-23-7-6-21(37)19(9-36)25(23)24/h6-8,14,16-17,22,38H,4-5,10-13,37H2,1-3H3/t14-,16?,17?,22-/m1/s1. The molecule has 2 aromatic carbocycles. The Bertz CT molecular complexity index is 1830. The molecule has 4 atom stereocenters. The van der Waals surface area contributed by atoms with Crippen molar-refractivity contribution in [2.45, 2.75) is 51.0 Å². The summed E-state index contributed by atoms with van der Waals surface area (Å²) < 4.78 is 68.3. The molecule has 0 saturated carbocycles. The second kappa shape index (κ2) is 10.4. The molecule has 3 aliphatic heterocycles. The number of nitriles is 1. The lowest BCUT2D eigenvalue weighted by Gasteiger charge is -2.43. The first-order valence-corrected chi connectivity index (χ1v) is 15.4. The van der Waals surface area contributed by atoms with Crippen molar-refractivity contribution in [1.29, 1.82) is 5.26 Å². The van der Waals surface area contributed by atoms with Crippen LogP contribution in [0.15, 0.2) is 18.2 Å². The predicted molar refractivity (Wildman–Crippen MR) is 162 cm³/mol. The van der Waals surface area contributed by atoms with Crippen LogP contribution in [0, 0.1) is 30.0 Å². The van der Waals surface area contributed by atoms with E-state index in [1.54, 1.807) is 13.0 Å². The summed E-state index contributed by atoms with van der Waals surface area (Å²) in [6, 6.07) is 6.51. The summed E-state index contributed by atoms with van der Waals surface area (Å²) in [6.07, 6.45) is -3.03. The molecule has 230 valence electrons. The topological polar surface area (TPSA) is 103 Å². The van der Waals surface area contributed by atoms with E-state index in [0.29, 0.717) is 28.6 Å². The predicted octanol–water partition coefficient (Wildman–Crippen LogP) is 5.70. The van der Waals surface area contributed by atoms with Crippen molar-refractivity contribution >= 4 is 43.8 Å². The molecule has 2 unspecified atom stereocenters. The number of anilines is 2. The van der Waals surface area contributed by atoms with E-state index in [2.05, 4.69) is 27.1 Å². The van der Waals surface area contributed by atoms with Gasteiger partial charge in [0, 0.05) is 69.2 Å². The van der Waals surface area contributed by atoms with Crippen molar-refractivity contribution in [3.8, 4) is 23.2 Å². The molecule has 3 aliphatic rings. The molecule has 3 saturated heterocycles. The SMILES string of the molecule is Cc1sc2ccc(N)c(C#N)c2c1-c1c(C(F)(F)F)cc2c(N3CC4CCC(C3)N4)nc(OC[C@@H]3[C@H](C)CN3C)nc2c1F. The number of thiophene rings is 1. The number of halogens is 4. The number of nitrogen functional groups attached to an aromatic ring is 1. The number of piperazine rings is 1. The third-order valence-electron chi connectivity index (χ3n) is 9.32. The van der Waals surface area contributed by atoms with Crippen LogP contribution in [0.2, 0.25) is 0 Å². The van der Waals surface area contributed by atoms with Crippen molar-refractivity contribution in [2.24, 2.45) is 5.92 Å². The van der Waals surface area contributed by atoms with E-state index >= 15 is 4.39 Å². The summed E-state index contributed by atoms with van der Waals surface area (Å²) in [4.78, 5) is 13.5. The number of ether oxygens (including phenoxy) is 1. The van der Waals surface area contributed by atoms with E-state index in [0.717, 1.165) is 25.5 Å². The van der Waals surface area contributed by atoms with Crippen LogP contribution >= 0.6 is 11.3 Å². The highest BCUT2D eigenvalue weighted by Gasteiger charge is 2.40. The number of aromatic nitrogens is 2. The molecular formula is C31H31F4N7OS. The minimum atomic E-state index is -4.92. The number of fused-ring (bicyclic) bond motifs is 4. The smallest absolute Gasteiger partial charge is 0.417 e. The third-order valence-corrected chi connectivity index (χ3v) is 10.4. The monoisotopic (exact) mass is 625 g/mol. The van der Waals surface area contributed by atoms with Crippen molar-refractivity contribution in [1.82, 2.24) is 20.2 Å².